The molecule has 0 radical (unpaired) electrons. The van der Waals surface area contributed by atoms with E-state index in [0.29, 0.717) is 31.1 Å². The van der Waals surface area contributed by atoms with Crippen LogP contribution in [0.25, 0.3) is 11.6 Å². The normalized spacial score (nSPS) is 25.1. The predicted octanol–water partition coefficient (Wildman–Crippen LogP) is 6.37. The number of fused-ring (bicyclic) bond motifs is 3. The summed E-state index contributed by atoms with van der Waals surface area (Å²) in [6.45, 7) is 4.72. The minimum absolute atomic E-state index is 0.0234. The molecular weight excluding hydrogens is 613 g/mol. The Hall–Kier alpha value is -4.05. The lowest BCUT2D eigenvalue weighted by Gasteiger charge is -2.43. The van der Waals surface area contributed by atoms with E-state index in [2.05, 4.69) is 41.1 Å². The lowest BCUT2D eigenvalue weighted by molar-refractivity contribution is -0.144. The number of pyridine rings is 1. The zero-order valence-corrected chi connectivity index (χ0v) is 28.3. The van der Waals surface area contributed by atoms with Crippen LogP contribution >= 0.6 is 0 Å². The van der Waals surface area contributed by atoms with Gasteiger partial charge in [0.15, 0.2) is 0 Å². The number of aromatic hydroxyl groups is 1. The standard InChI is InChI=1S/C40H46BN3O5/c1-2-10-30-24-32-38(40(47)44(39(32)46)31-18-21-43(22-19-31)26-27-11-4-3-5-12-27)33-25-41(48)49-36(37(30)33)17-16-28(34-14-8-9-20-42-34)23-29-13-6-7-15-35(29)45/h3-9,11-15,20,23,31-33,36,38,45,48H,2,10,16-19,21-22,24-26H2,1H3/b28-23-/t32-,33+,36-,38-/m1/s1. The van der Waals surface area contributed by atoms with Crippen molar-refractivity contribution in [3.05, 3.63) is 107 Å². The second kappa shape index (κ2) is 14.8. The molecule has 3 saturated heterocycles. The van der Waals surface area contributed by atoms with E-state index in [1.807, 2.05) is 42.5 Å². The number of rotatable bonds is 10. The van der Waals surface area contributed by atoms with Gasteiger partial charge in [0, 0.05) is 37.4 Å². The molecular formula is C40H46BN3O5. The number of nitrogens with zero attached hydrogens (tertiary/aromatic N) is 3. The number of imide groups is 1. The molecule has 3 aliphatic heterocycles. The molecule has 1 aliphatic carbocycles. The Balaban J connectivity index is 1.11. The van der Waals surface area contributed by atoms with Crippen LogP contribution < -0.4 is 0 Å². The zero-order valence-electron chi connectivity index (χ0n) is 28.3. The molecule has 3 aromatic rings. The maximum absolute atomic E-state index is 14.3. The molecule has 8 nitrogen and oxygen atoms in total. The number of aromatic nitrogens is 1. The molecule has 3 fully saturated rings. The molecule has 0 saturated carbocycles. The van der Waals surface area contributed by atoms with Gasteiger partial charge in [-0.25, -0.2) is 0 Å². The SMILES string of the molecule is CCCC1=C2[C@@H](CC/C(=C/c3ccccc3O)c3ccccn3)OB(O)C[C@@H]2[C@@H]2C(=O)N(C3CCN(Cc4ccccc4)CC3)C(=O)[C@@H]2C1. The third-order valence-electron chi connectivity index (χ3n) is 11.0. The van der Waals surface area contributed by atoms with E-state index >= 15 is 0 Å². The minimum Gasteiger partial charge on any atom is -0.507 e. The first-order valence-electron chi connectivity index (χ1n) is 18.0. The van der Waals surface area contributed by atoms with Crippen molar-refractivity contribution in [3.63, 3.8) is 0 Å². The second-order valence-corrected chi connectivity index (χ2v) is 14.1. The minimum atomic E-state index is -1.01. The van der Waals surface area contributed by atoms with Gasteiger partial charge in [-0.3, -0.25) is 24.4 Å². The number of carbonyl (C=O) groups excluding carboxylic acids is 2. The molecule has 2 aromatic carbocycles. The van der Waals surface area contributed by atoms with Gasteiger partial charge < -0.3 is 14.8 Å². The summed E-state index contributed by atoms with van der Waals surface area (Å²) >= 11 is 0. The Morgan fingerprint density at radius 1 is 0.980 bits per heavy atom. The highest BCUT2D eigenvalue weighted by Gasteiger charge is 2.58. The number of amides is 2. The number of para-hydroxylation sites is 1. The monoisotopic (exact) mass is 659 g/mol. The molecule has 0 spiro atoms. The van der Waals surface area contributed by atoms with Gasteiger partial charge in [-0.2, -0.15) is 0 Å². The summed E-state index contributed by atoms with van der Waals surface area (Å²) < 4.78 is 6.29. The van der Waals surface area contributed by atoms with Gasteiger partial charge >= 0.3 is 7.12 Å². The number of hydrogen-bond donors (Lipinski definition) is 2. The van der Waals surface area contributed by atoms with Crippen LogP contribution in [0.5, 0.6) is 5.75 Å². The number of hydrogen-bond acceptors (Lipinski definition) is 7. The van der Waals surface area contributed by atoms with Crippen molar-refractivity contribution >= 4 is 30.6 Å². The fourth-order valence-electron chi connectivity index (χ4n) is 8.77. The maximum atomic E-state index is 14.3. The second-order valence-electron chi connectivity index (χ2n) is 14.1. The third kappa shape index (κ3) is 7.02. The van der Waals surface area contributed by atoms with E-state index in [4.69, 9.17) is 4.65 Å². The van der Waals surface area contributed by atoms with Crippen molar-refractivity contribution in [1.29, 1.82) is 0 Å². The van der Waals surface area contributed by atoms with Gasteiger partial charge in [-0.05, 0) is 91.7 Å². The van der Waals surface area contributed by atoms with E-state index in [0.717, 1.165) is 62.2 Å². The highest BCUT2D eigenvalue weighted by Crippen LogP contribution is 2.52. The van der Waals surface area contributed by atoms with E-state index in [1.54, 1.807) is 23.2 Å². The van der Waals surface area contributed by atoms with E-state index in [9.17, 15) is 19.7 Å². The summed E-state index contributed by atoms with van der Waals surface area (Å²) in [6, 6.07) is 23.4. The number of carbonyl (C=O) groups is 2. The zero-order chi connectivity index (χ0) is 33.9. The highest BCUT2D eigenvalue weighted by molar-refractivity contribution is 6.43. The first kappa shape index (κ1) is 33.5. The molecule has 4 atom stereocenters. The maximum Gasteiger partial charge on any atom is 0.455 e. The first-order chi connectivity index (χ1) is 23.9. The fourth-order valence-corrected chi connectivity index (χ4v) is 8.77. The van der Waals surface area contributed by atoms with Gasteiger partial charge in [-0.1, -0.05) is 73.5 Å². The van der Waals surface area contributed by atoms with E-state index in [1.165, 1.54) is 11.1 Å². The van der Waals surface area contributed by atoms with Crippen LogP contribution in [0.2, 0.25) is 6.32 Å². The Kier molecular flexibility index (Phi) is 10.1. The van der Waals surface area contributed by atoms with Crippen LogP contribution in [0, 0.1) is 17.8 Å². The highest BCUT2D eigenvalue weighted by atomic mass is 16.5. The van der Waals surface area contributed by atoms with Crippen molar-refractivity contribution in [1.82, 2.24) is 14.8 Å². The lowest BCUT2D eigenvalue weighted by Crippen LogP contribution is -2.48. The van der Waals surface area contributed by atoms with Crippen LogP contribution in [-0.4, -0.2) is 69.1 Å². The van der Waals surface area contributed by atoms with E-state index < -0.39 is 13.0 Å². The molecule has 4 heterocycles. The van der Waals surface area contributed by atoms with Gasteiger partial charge in [-0.15, -0.1) is 0 Å². The molecule has 254 valence electrons. The van der Waals surface area contributed by atoms with E-state index in [-0.39, 0.29) is 41.5 Å². The number of benzene rings is 2. The number of phenols is 1. The van der Waals surface area contributed by atoms with Crippen LogP contribution in [0.1, 0.15) is 68.7 Å². The predicted molar refractivity (Wildman–Crippen MR) is 191 cm³/mol. The quantitative estimate of drug-likeness (QED) is 0.148. The molecule has 0 bridgehead atoms. The fraction of sp³-hybridized carbons (Fsp3) is 0.425. The summed E-state index contributed by atoms with van der Waals surface area (Å²) in [6.07, 6.45) is 8.74. The largest absolute Gasteiger partial charge is 0.507 e. The summed E-state index contributed by atoms with van der Waals surface area (Å²) in [5.74, 6) is -0.947. The van der Waals surface area contributed by atoms with Gasteiger partial charge in [0.25, 0.3) is 0 Å². The number of likely N-dealkylation sites (tertiary alicyclic amines) is 2. The topological polar surface area (TPSA) is 103 Å². The van der Waals surface area contributed by atoms with Crippen LogP contribution in [0.3, 0.4) is 0 Å². The van der Waals surface area contributed by atoms with Gasteiger partial charge in [0.2, 0.25) is 11.8 Å². The van der Waals surface area contributed by atoms with Crippen LogP contribution in [-0.2, 0) is 20.8 Å². The summed E-state index contributed by atoms with van der Waals surface area (Å²) in [7, 11) is -1.01. The molecule has 0 unspecified atom stereocenters. The Bertz CT molecular complexity index is 1710. The van der Waals surface area contributed by atoms with Crippen molar-refractivity contribution < 1.29 is 24.4 Å². The van der Waals surface area contributed by atoms with Crippen molar-refractivity contribution in [2.45, 2.75) is 76.9 Å². The first-order valence-corrected chi connectivity index (χ1v) is 18.0. The molecule has 49 heavy (non-hydrogen) atoms. The Morgan fingerprint density at radius 3 is 2.47 bits per heavy atom. The molecule has 9 heteroatoms. The average molecular weight is 660 g/mol. The molecule has 7 rings (SSSR count). The number of phenolic OH excluding ortho intramolecular Hbond substituents is 1. The van der Waals surface area contributed by atoms with Crippen molar-refractivity contribution in [2.24, 2.45) is 17.8 Å². The average Bonchev–Trinajstić information content (AvgIpc) is 3.37. The molecule has 1 aromatic heterocycles. The Morgan fingerprint density at radius 2 is 1.73 bits per heavy atom. The van der Waals surface area contributed by atoms with Crippen molar-refractivity contribution in [2.75, 3.05) is 13.1 Å². The summed E-state index contributed by atoms with van der Waals surface area (Å²) in [4.78, 5) is 37.1. The molecule has 4 aliphatic rings. The van der Waals surface area contributed by atoms with Crippen molar-refractivity contribution in [3.8, 4) is 5.75 Å². The number of piperidine rings is 1. The van der Waals surface area contributed by atoms with Crippen LogP contribution in [0.15, 0.2) is 90.1 Å². The third-order valence-corrected chi connectivity index (χ3v) is 11.0. The smallest absolute Gasteiger partial charge is 0.455 e. The summed E-state index contributed by atoms with van der Waals surface area (Å²) in [5.41, 5.74) is 6.08. The lowest BCUT2D eigenvalue weighted by atomic mass is 9.58. The number of allylic oxidation sites excluding steroid dienone is 2. The Labute approximate surface area is 289 Å². The van der Waals surface area contributed by atoms with Crippen LogP contribution in [0.4, 0.5) is 0 Å². The van der Waals surface area contributed by atoms with Gasteiger partial charge in [0.1, 0.15) is 5.75 Å². The molecule has 2 N–H and O–H groups in total. The van der Waals surface area contributed by atoms with Gasteiger partial charge in [0.05, 0.1) is 23.6 Å². The molecule has 2 amide bonds. The summed E-state index contributed by atoms with van der Waals surface area (Å²) in [5, 5.41) is 21.6.